The Labute approximate surface area is 185 Å². The van der Waals surface area contributed by atoms with Crippen LogP contribution in [-0.2, 0) is 4.74 Å². The molecule has 3 N–H and O–H groups in total. The smallest absolute Gasteiger partial charge is 0.338 e. The fraction of sp³-hybridized carbons (Fsp3) is 0.250. The summed E-state index contributed by atoms with van der Waals surface area (Å²) in [5, 5.41) is 2.92. The van der Waals surface area contributed by atoms with Crippen molar-refractivity contribution < 1.29 is 14.3 Å². The van der Waals surface area contributed by atoms with Gasteiger partial charge >= 0.3 is 5.97 Å². The summed E-state index contributed by atoms with van der Waals surface area (Å²) in [6.07, 6.45) is 1.84. The summed E-state index contributed by atoms with van der Waals surface area (Å²) in [7, 11) is 0. The number of hydrogen-bond donors (Lipinski definition) is 2. The molecule has 164 valence electrons. The first-order valence-corrected chi connectivity index (χ1v) is 10.7. The number of nitrogen functional groups attached to an aromatic ring is 1. The van der Waals surface area contributed by atoms with Crippen LogP contribution in [0.1, 0.15) is 47.4 Å². The monoisotopic (exact) mass is 431 g/mol. The lowest BCUT2D eigenvalue weighted by molar-refractivity contribution is 0.0526. The van der Waals surface area contributed by atoms with Crippen molar-refractivity contribution >= 4 is 39.9 Å². The van der Waals surface area contributed by atoms with Gasteiger partial charge in [0.15, 0.2) is 5.65 Å². The van der Waals surface area contributed by atoms with Crippen LogP contribution in [0, 0.1) is 0 Å². The summed E-state index contributed by atoms with van der Waals surface area (Å²) in [6, 6.07) is 14.3. The first-order chi connectivity index (χ1) is 15.5. The number of carbonyl (C=O) groups excluding carboxylic acids is 2. The number of unbranched alkanes of at least 4 members (excludes halogenated alkanes) is 1. The molecule has 0 radical (unpaired) electrons. The summed E-state index contributed by atoms with van der Waals surface area (Å²) in [5.41, 5.74) is 10.2. The van der Waals surface area contributed by atoms with Gasteiger partial charge in [0.1, 0.15) is 16.9 Å². The van der Waals surface area contributed by atoms with Gasteiger partial charge in [0.2, 0.25) is 0 Å². The van der Waals surface area contributed by atoms with Gasteiger partial charge in [0, 0.05) is 12.2 Å². The summed E-state index contributed by atoms with van der Waals surface area (Å²) >= 11 is 0. The predicted octanol–water partition coefficient (Wildman–Crippen LogP) is 3.86. The van der Waals surface area contributed by atoms with E-state index in [2.05, 4.69) is 12.2 Å². The van der Waals surface area contributed by atoms with Gasteiger partial charge in [-0.3, -0.25) is 9.36 Å². The first-order valence-electron chi connectivity index (χ1n) is 10.7. The maximum atomic E-state index is 13.0. The van der Waals surface area contributed by atoms with Crippen molar-refractivity contribution in [3.05, 3.63) is 59.7 Å². The van der Waals surface area contributed by atoms with Crippen LogP contribution in [0.25, 0.3) is 27.9 Å². The van der Waals surface area contributed by atoms with Crippen molar-refractivity contribution in [2.45, 2.75) is 26.7 Å². The number of amides is 1. The van der Waals surface area contributed by atoms with Crippen molar-refractivity contribution in [1.82, 2.24) is 19.9 Å². The van der Waals surface area contributed by atoms with Crippen molar-refractivity contribution in [3.63, 3.8) is 0 Å². The lowest BCUT2D eigenvalue weighted by Gasteiger charge is -2.09. The molecule has 0 unspecified atom stereocenters. The predicted molar refractivity (Wildman–Crippen MR) is 124 cm³/mol. The van der Waals surface area contributed by atoms with Crippen LogP contribution in [0.15, 0.2) is 48.5 Å². The molecule has 4 aromatic rings. The van der Waals surface area contributed by atoms with Gasteiger partial charge in [-0.25, -0.2) is 14.8 Å². The average molecular weight is 431 g/mol. The second-order valence-corrected chi connectivity index (χ2v) is 7.36. The van der Waals surface area contributed by atoms with Gasteiger partial charge in [0.25, 0.3) is 5.91 Å². The molecule has 0 atom stereocenters. The third-order valence-electron chi connectivity index (χ3n) is 5.18. The maximum Gasteiger partial charge on any atom is 0.338 e. The summed E-state index contributed by atoms with van der Waals surface area (Å²) in [4.78, 5) is 34.5. The highest BCUT2D eigenvalue weighted by molar-refractivity contribution is 6.11. The zero-order valence-electron chi connectivity index (χ0n) is 18.1. The fourth-order valence-corrected chi connectivity index (χ4v) is 3.57. The molecular weight excluding hydrogens is 406 g/mol. The number of aromatic nitrogens is 3. The number of hydrogen-bond acceptors (Lipinski definition) is 6. The quantitative estimate of drug-likeness (QED) is 0.339. The van der Waals surface area contributed by atoms with Gasteiger partial charge in [-0.05, 0) is 49.7 Å². The van der Waals surface area contributed by atoms with Gasteiger partial charge in [-0.15, -0.1) is 0 Å². The Morgan fingerprint density at radius 2 is 1.72 bits per heavy atom. The summed E-state index contributed by atoms with van der Waals surface area (Å²) in [6.45, 7) is 4.67. The highest BCUT2D eigenvalue weighted by atomic mass is 16.5. The Balaban J connectivity index is 1.88. The van der Waals surface area contributed by atoms with Crippen LogP contribution < -0.4 is 11.1 Å². The molecule has 8 heteroatoms. The van der Waals surface area contributed by atoms with E-state index in [4.69, 9.17) is 20.4 Å². The van der Waals surface area contributed by atoms with Crippen LogP contribution in [-0.4, -0.2) is 39.6 Å². The molecule has 0 aliphatic carbocycles. The van der Waals surface area contributed by atoms with Crippen molar-refractivity contribution in [2.75, 3.05) is 18.9 Å². The molecule has 8 nitrogen and oxygen atoms in total. The molecule has 0 bridgehead atoms. The molecule has 0 spiro atoms. The molecule has 2 aromatic heterocycles. The number of ether oxygens (including phenoxy) is 1. The van der Waals surface area contributed by atoms with Crippen molar-refractivity contribution in [3.8, 4) is 5.69 Å². The molecule has 0 fully saturated rings. The van der Waals surface area contributed by atoms with Crippen LogP contribution in [0.2, 0.25) is 0 Å². The number of nitrogens with two attached hydrogens (primary N) is 1. The number of nitrogens with one attached hydrogen (secondary N) is 1. The molecule has 1 amide bonds. The Hall–Kier alpha value is -3.94. The molecule has 0 aliphatic heterocycles. The maximum absolute atomic E-state index is 13.0. The van der Waals surface area contributed by atoms with Crippen LogP contribution >= 0.6 is 0 Å². The second kappa shape index (κ2) is 9.05. The van der Waals surface area contributed by atoms with Crippen molar-refractivity contribution in [1.29, 1.82) is 0 Å². The molecule has 0 saturated heterocycles. The zero-order valence-corrected chi connectivity index (χ0v) is 18.1. The van der Waals surface area contributed by atoms with Crippen LogP contribution in [0.5, 0.6) is 0 Å². The minimum absolute atomic E-state index is 0.244. The molecule has 4 rings (SSSR count). The Kier molecular flexibility index (Phi) is 6.02. The lowest BCUT2D eigenvalue weighted by atomic mass is 10.2. The van der Waals surface area contributed by atoms with E-state index < -0.39 is 5.97 Å². The molecule has 32 heavy (non-hydrogen) atoms. The van der Waals surface area contributed by atoms with Gasteiger partial charge in [-0.2, -0.15) is 0 Å². The van der Waals surface area contributed by atoms with E-state index in [1.807, 2.05) is 24.3 Å². The highest BCUT2D eigenvalue weighted by Crippen LogP contribution is 2.31. The van der Waals surface area contributed by atoms with E-state index in [1.54, 1.807) is 35.8 Å². The zero-order chi connectivity index (χ0) is 22.7. The highest BCUT2D eigenvalue weighted by Gasteiger charge is 2.24. The third-order valence-corrected chi connectivity index (χ3v) is 5.18. The van der Waals surface area contributed by atoms with E-state index in [1.165, 1.54) is 0 Å². The Morgan fingerprint density at radius 1 is 1.03 bits per heavy atom. The number of para-hydroxylation sites is 2. The van der Waals surface area contributed by atoms with Crippen molar-refractivity contribution in [2.24, 2.45) is 0 Å². The molecule has 2 heterocycles. The van der Waals surface area contributed by atoms with E-state index in [0.29, 0.717) is 52.2 Å². The number of carbonyl (C=O) groups is 2. The number of nitrogens with zero attached hydrogens (tertiary/aromatic N) is 3. The standard InChI is InChI=1S/C24H25N5O3/c1-3-5-14-26-23(30)19-20-22(28-18-9-7-6-8-17(18)27-20)29(21(19)25)16-12-10-15(11-13-16)24(31)32-4-2/h6-13H,3-5,14,25H2,1-2H3,(H,26,30). The minimum Gasteiger partial charge on any atom is -0.462 e. The normalized spacial score (nSPS) is 11.1. The molecule has 0 saturated carbocycles. The van der Waals surface area contributed by atoms with Gasteiger partial charge < -0.3 is 15.8 Å². The number of benzene rings is 2. The number of esters is 1. The molecule has 2 aromatic carbocycles. The Morgan fingerprint density at radius 3 is 2.38 bits per heavy atom. The number of anilines is 1. The third kappa shape index (κ3) is 3.87. The SMILES string of the molecule is CCCCNC(=O)c1c(N)n(-c2ccc(C(=O)OCC)cc2)c2nc3ccccc3nc12. The van der Waals surface area contributed by atoms with Crippen LogP contribution in [0.3, 0.4) is 0 Å². The van der Waals surface area contributed by atoms with Crippen LogP contribution in [0.4, 0.5) is 5.82 Å². The van der Waals surface area contributed by atoms with Gasteiger partial charge in [-0.1, -0.05) is 25.5 Å². The minimum atomic E-state index is -0.397. The van der Waals surface area contributed by atoms with E-state index >= 15 is 0 Å². The van der Waals surface area contributed by atoms with E-state index in [0.717, 1.165) is 12.8 Å². The summed E-state index contributed by atoms with van der Waals surface area (Å²) in [5.74, 6) is -0.438. The van der Waals surface area contributed by atoms with E-state index in [9.17, 15) is 9.59 Å². The summed E-state index contributed by atoms with van der Waals surface area (Å²) < 4.78 is 6.75. The topological polar surface area (TPSA) is 112 Å². The van der Waals surface area contributed by atoms with E-state index in [-0.39, 0.29) is 11.7 Å². The average Bonchev–Trinajstić information content (AvgIpc) is 3.08. The fourth-order valence-electron chi connectivity index (χ4n) is 3.57. The lowest BCUT2D eigenvalue weighted by Crippen LogP contribution is -2.25. The Bertz CT molecular complexity index is 1290. The molecule has 0 aliphatic rings. The first kappa shape index (κ1) is 21.3. The largest absolute Gasteiger partial charge is 0.462 e. The molecular formula is C24H25N5O3. The number of rotatable bonds is 7. The van der Waals surface area contributed by atoms with Gasteiger partial charge in [0.05, 0.1) is 23.2 Å². The second-order valence-electron chi connectivity index (χ2n) is 7.36. The number of fused-ring (bicyclic) bond motifs is 2.